The van der Waals surface area contributed by atoms with Crippen molar-refractivity contribution in [1.82, 2.24) is 9.55 Å². The zero-order chi connectivity index (χ0) is 15.1. The maximum absolute atomic E-state index is 5.89. The summed E-state index contributed by atoms with van der Waals surface area (Å²) in [6.45, 7) is 13.6. The van der Waals surface area contributed by atoms with Crippen molar-refractivity contribution < 1.29 is 0 Å². The van der Waals surface area contributed by atoms with Crippen molar-refractivity contribution in [3.05, 3.63) is 24.0 Å². The van der Waals surface area contributed by atoms with E-state index in [2.05, 4.69) is 52.2 Å². The normalized spacial score (nSPS) is 13.1. The van der Waals surface area contributed by atoms with Gasteiger partial charge in [0.15, 0.2) is 0 Å². The molecule has 0 amide bonds. The molecule has 0 atom stereocenters. The Hall–Kier alpha value is -1.51. The number of aryl methyl sites for hydroxylation is 1. The number of anilines is 1. The van der Waals surface area contributed by atoms with E-state index < -0.39 is 0 Å². The summed E-state index contributed by atoms with van der Waals surface area (Å²) in [4.78, 5) is 4.77. The van der Waals surface area contributed by atoms with Gasteiger partial charge in [-0.15, -0.1) is 0 Å². The highest BCUT2D eigenvalue weighted by molar-refractivity contribution is 5.80. The number of nitrogens with zero attached hydrogens (tertiary/aromatic N) is 2. The minimum Gasteiger partial charge on any atom is -0.399 e. The molecule has 1 aromatic carbocycles. The van der Waals surface area contributed by atoms with E-state index in [4.69, 9.17) is 10.7 Å². The summed E-state index contributed by atoms with van der Waals surface area (Å²) in [6.07, 6.45) is 2.03. The molecule has 0 aliphatic rings. The Morgan fingerprint density at radius 3 is 2.35 bits per heavy atom. The number of fused-ring (bicyclic) bond motifs is 1. The zero-order valence-corrected chi connectivity index (χ0v) is 13.6. The van der Waals surface area contributed by atoms with Crippen molar-refractivity contribution in [3.8, 4) is 0 Å². The van der Waals surface area contributed by atoms with Gasteiger partial charge in [0.25, 0.3) is 0 Å². The average molecular weight is 273 g/mol. The van der Waals surface area contributed by atoms with Crippen LogP contribution in [0.4, 0.5) is 5.69 Å². The number of hydrogen-bond donors (Lipinski definition) is 1. The quantitative estimate of drug-likeness (QED) is 0.845. The molecule has 2 N–H and O–H groups in total. The smallest absolute Gasteiger partial charge is 0.110 e. The van der Waals surface area contributed by atoms with Crippen LogP contribution in [0, 0.1) is 5.41 Å². The number of hydrogen-bond acceptors (Lipinski definition) is 2. The van der Waals surface area contributed by atoms with E-state index in [0.29, 0.717) is 0 Å². The summed E-state index contributed by atoms with van der Waals surface area (Å²) < 4.78 is 2.40. The molecule has 20 heavy (non-hydrogen) atoms. The number of nitrogen functional groups attached to an aromatic ring is 1. The Morgan fingerprint density at radius 1 is 1.15 bits per heavy atom. The molecule has 0 radical (unpaired) electrons. The highest BCUT2D eigenvalue weighted by atomic mass is 15.1. The van der Waals surface area contributed by atoms with Gasteiger partial charge in [0, 0.05) is 17.6 Å². The van der Waals surface area contributed by atoms with Crippen LogP contribution in [0.15, 0.2) is 18.2 Å². The van der Waals surface area contributed by atoms with E-state index in [1.807, 2.05) is 12.1 Å². The maximum atomic E-state index is 5.89. The van der Waals surface area contributed by atoms with Crippen LogP contribution in [0.2, 0.25) is 0 Å². The molecule has 1 aromatic heterocycles. The second-order valence-corrected chi connectivity index (χ2v) is 7.52. The molecule has 0 spiro atoms. The monoisotopic (exact) mass is 273 g/mol. The van der Waals surface area contributed by atoms with Gasteiger partial charge in [-0.1, -0.05) is 27.7 Å². The van der Waals surface area contributed by atoms with Crippen molar-refractivity contribution in [2.75, 3.05) is 5.73 Å². The van der Waals surface area contributed by atoms with Gasteiger partial charge in [-0.3, -0.25) is 0 Å². The first-order valence-electron chi connectivity index (χ1n) is 7.41. The molecule has 0 fully saturated rings. The van der Waals surface area contributed by atoms with E-state index in [1.54, 1.807) is 0 Å². The van der Waals surface area contributed by atoms with Crippen molar-refractivity contribution in [3.63, 3.8) is 0 Å². The van der Waals surface area contributed by atoms with Crippen molar-refractivity contribution >= 4 is 16.7 Å². The molecule has 2 aromatic rings. The Bertz CT molecular complexity index is 615. The van der Waals surface area contributed by atoms with Gasteiger partial charge in [0.2, 0.25) is 0 Å². The van der Waals surface area contributed by atoms with E-state index in [1.165, 1.54) is 5.52 Å². The van der Waals surface area contributed by atoms with Crippen LogP contribution in [-0.4, -0.2) is 9.55 Å². The minimum absolute atomic E-state index is 0.0362. The molecule has 1 heterocycles. The summed E-state index contributed by atoms with van der Waals surface area (Å²) in [5, 5.41) is 0. The molecular formula is C17H27N3. The van der Waals surface area contributed by atoms with E-state index >= 15 is 0 Å². The van der Waals surface area contributed by atoms with E-state index in [-0.39, 0.29) is 11.0 Å². The lowest BCUT2D eigenvalue weighted by Crippen LogP contribution is -2.32. The van der Waals surface area contributed by atoms with Gasteiger partial charge < -0.3 is 10.3 Å². The number of benzene rings is 1. The third kappa shape index (κ3) is 2.82. The lowest BCUT2D eigenvalue weighted by atomic mass is 9.81. The fourth-order valence-electron chi connectivity index (χ4n) is 3.44. The van der Waals surface area contributed by atoms with Crippen LogP contribution >= 0.6 is 0 Å². The van der Waals surface area contributed by atoms with E-state index in [9.17, 15) is 0 Å². The molecule has 3 nitrogen and oxygen atoms in total. The van der Waals surface area contributed by atoms with E-state index in [0.717, 1.165) is 29.9 Å². The van der Waals surface area contributed by atoms with Gasteiger partial charge in [-0.25, -0.2) is 4.98 Å². The summed E-state index contributed by atoms with van der Waals surface area (Å²) in [5.74, 6) is 1.14. The van der Waals surface area contributed by atoms with Gasteiger partial charge in [0.05, 0.1) is 11.0 Å². The number of rotatable bonds is 3. The SMILES string of the molecule is CCc1nc2cc(N)ccc2n1C(C)(C)CC(C)(C)C. The zero-order valence-electron chi connectivity index (χ0n) is 13.6. The summed E-state index contributed by atoms with van der Waals surface area (Å²) in [5.41, 5.74) is 9.16. The molecule has 110 valence electrons. The fourth-order valence-corrected chi connectivity index (χ4v) is 3.44. The van der Waals surface area contributed by atoms with Gasteiger partial charge in [0.1, 0.15) is 5.82 Å². The molecule has 0 saturated carbocycles. The standard InChI is InChI=1S/C17H27N3/c1-7-15-19-13-10-12(18)8-9-14(13)20(15)17(5,6)11-16(2,3)4/h8-10H,7,11,18H2,1-6H3. The summed E-state index contributed by atoms with van der Waals surface area (Å²) >= 11 is 0. The molecule has 0 unspecified atom stereocenters. The molecule has 3 heteroatoms. The van der Waals surface area contributed by atoms with Crippen molar-refractivity contribution in [1.29, 1.82) is 0 Å². The third-order valence-electron chi connectivity index (χ3n) is 3.63. The predicted molar refractivity (Wildman–Crippen MR) is 86.9 cm³/mol. The third-order valence-corrected chi connectivity index (χ3v) is 3.63. The van der Waals surface area contributed by atoms with Crippen LogP contribution < -0.4 is 5.73 Å². The van der Waals surface area contributed by atoms with Gasteiger partial charge in [-0.05, 0) is 43.9 Å². The minimum atomic E-state index is 0.0362. The van der Waals surface area contributed by atoms with Crippen LogP contribution in [0.1, 0.15) is 53.8 Å². The topological polar surface area (TPSA) is 43.8 Å². The maximum Gasteiger partial charge on any atom is 0.110 e. The largest absolute Gasteiger partial charge is 0.399 e. The van der Waals surface area contributed by atoms with Crippen molar-refractivity contribution in [2.45, 2.75) is 59.9 Å². The van der Waals surface area contributed by atoms with Gasteiger partial charge in [-0.2, -0.15) is 0 Å². The molecular weight excluding hydrogens is 246 g/mol. The Labute approximate surface area is 122 Å². The van der Waals surface area contributed by atoms with Crippen LogP contribution in [0.3, 0.4) is 0 Å². The second-order valence-electron chi connectivity index (χ2n) is 7.52. The highest BCUT2D eigenvalue weighted by Gasteiger charge is 2.30. The molecule has 0 bridgehead atoms. The van der Waals surface area contributed by atoms with Crippen LogP contribution in [-0.2, 0) is 12.0 Å². The first-order valence-corrected chi connectivity index (χ1v) is 7.41. The van der Waals surface area contributed by atoms with Crippen LogP contribution in [0.25, 0.3) is 11.0 Å². The number of imidazole rings is 1. The van der Waals surface area contributed by atoms with Crippen molar-refractivity contribution in [2.24, 2.45) is 5.41 Å². The number of aromatic nitrogens is 2. The first kappa shape index (κ1) is 14.9. The molecule has 0 saturated heterocycles. The first-order chi connectivity index (χ1) is 9.14. The molecule has 0 aliphatic carbocycles. The lowest BCUT2D eigenvalue weighted by molar-refractivity contribution is 0.215. The predicted octanol–water partition coefficient (Wildman–Crippen LogP) is 4.35. The highest BCUT2D eigenvalue weighted by Crippen LogP contribution is 2.36. The molecule has 0 aliphatic heterocycles. The lowest BCUT2D eigenvalue weighted by Gasteiger charge is -2.35. The Balaban J connectivity index is 2.62. The second kappa shape index (κ2) is 4.80. The fraction of sp³-hybridized carbons (Fsp3) is 0.588. The summed E-state index contributed by atoms with van der Waals surface area (Å²) in [7, 11) is 0. The van der Waals surface area contributed by atoms with Crippen LogP contribution in [0.5, 0.6) is 0 Å². The Morgan fingerprint density at radius 2 is 1.80 bits per heavy atom. The molecule has 2 rings (SSSR count). The summed E-state index contributed by atoms with van der Waals surface area (Å²) in [6, 6.07) is 6.03. The van der Waals surface area contributed by atoms with Gasteiger partial charge >= 0.3 is 0 Å². The Kier molecular flexibility index (Phi) is 3.57. The average Bonchev–Trinajstić information content (AvgIpc) is 2.63. The number of nitrogens with two attached hydrogens (primary N) is 1.